The molecular weight excluding hydrogens is 347 g/mol. The second kappa shape index (κ2) is 6.12. The van der Waals surface area contributed by atoms with Crippen molar-refractivity contribution < 1.29 is 13.2 Å². The van der Waals surface area contributed by atoms with Crippen LogP contribution in [0.1, 0.15) is 24.6 Å². The largest absolute Gasteiger partial charge is 0.435 e. The highest BCUT2D eigenvalue weighted by molar-refractivity contribution is 6.33. The van der Waals surface area contributed by atoms with Gasteiger partial charge in [0.1, 0.15) is 5.02 Å². The number of alkyl halides is 3. The average Bonchev–Trinajstić information content (AvgIpc) is 3.03. The maximum Gasteiger partial charge on any atom is 0.435 e. The van der Waals surface area contributed by atoms with Crippen LogP contribution >= 0.6 is 11.6 Å². The molecule has 0 aliphatic carbocycles. The van der Waals surface area contributed by atoms with Gasteiger partial charge in [-0.15, -0.1) is 0 Å². The Kier molecular flexibility index (Phi) is 4.29. The van der Waals surface area contributed by atoms with Crippen LogP contribution in [0.2, 0.25) is 5.02 Å². The van der Waals surface area contributed by atoms with Crippen LogP contribution in [-0.4, -0.2) is 32.7 Å². The standard InChI is InChI=1S/C14H15ClF3N5O/c1-21-13(24)12(15)10(7-19-21)22-5-2-3-9(8-22)23-6-4-11(20-23)14(16,17)18/h4,6-7,9H,2-3,5,8H2,1H3. The highest BCUT2D eigenvalue weighted by Crippen LogP contribution is 2.31. The van der Waals surface area contributed by atoms with E-state index in [0.717, 1.165) is 17.2 Å². The second-order valence-corrected chi connectivity index (χ2v) is 6.07. The highest BCUT2D eigenvalue weighted by Gasteiger charge is 2.34. The summed E-state index contributed by atoms with van der Waals surface area (Å²) in [6.45, 7) is 1.06. The van der Waals surface area contributed by atoms with Gasteiger partial charge in [0.25, 0.3) is 5.56 Å². The monoisotopic (exact) mass is 361 g/mol. The van der Waals surface area contributed by atoms with E-state index in [2.05, 4.69) is 10.2 Å². The molecule has 0 radical (unpaired) electrons. The van der Waals surface area contributed by atoms with Crippen LogP contribution in [0.3, 0.4) is 0 Å². The molecule has 130 valence electrons. The first-order valence-electron chi connectivity index (χ1n) is 7.36. The third kappa shape index (κ3) is 3.12. The van der Waals surface area contributed by atoms with Gasteiger partial charge < -0.3 is 4.90 Å². The van der Waals surface area contributed by atoms with Gasteiger partial charge in [0.15, 0.2) is 5.69 Å². The van der Waals surface area contributed by atoms with Gasteiger partial charge in [-0.1, -0.05) is 11.6 Å². The van der Waals surface area contributed by atoms with Crippen molar-refractivity contribution in [2.75, 3.05) is 18.0 Å². The predicted molar refractivity (Wildman–Crippen MR) is 82.2 cm³/mol. The summed E-state index contributed by atoms with van der Waals surface area (Å²) in [6, 6.07) is 0.737. The van der Waals surface area contributed by atoms with Crippen molar-refractivity contribution in [3.8, 4) is 0 Å². The molecule has 3 rings (SSSR count). The lowest BCUT2D eigenvalue weighted by molar-refractivity contribution is -0.141. The smallest absolute Gasteiger partial charge is 0.367 e. The fourth-order valence-electron chi connectivity index (χ4n) is 2.80. The van der Waals surface area contributed by atoms with Crippen molar-refractivity contribution in [2.24, 2.45) is 7.05 Å². The van der Waals surface area contributed by atoms with Gasteiger partial charge in [-0.25, -0.2) is 4.68 Å². The first kappa shape index (κ1) is 16.8. The molecule has 2 aromatic rings. The normalized spacial score (nSPS) is 18.9. The molecule has 6 nitrogen and oxygen atoms in total. The van der Waals surface area contributed by atoms with Crippen LogP contribution in [0.5, 0.6) is 0 Å². The highest BCUT2D eigenvalue weighted by atomic mass is 35.5. The minimum absolute atomic E-state index is 0.0598. The van der Waals surface area contributed by atoms with E-state index in [0.29, 0.717) is 25.2 Å². The van der Waals surface area contributed by atoms with Crippen molar-refractivity contribution in [2.45, 2.75) is 25.1 Å². The predicted octanol–water partition coefficient (Wildman–Crippen LogP) is 2.49. The fourth-order valence-corrected chi connectivity index (χ4v) is 3.10. The lowest BCUT2D eigenvalue weighted by atomic mass is 10.1. The molecule has 10 heteroatoms. The van der Waals surface area contributed by atoms with Crippen LogP contribution in [0, 0.1) is 0 Å². The number of hydrogen-bond donors (Lipinski definition) is 0. The van der Waals surface area contributed by atoms with Crippen molar-refractivity contribution in [3.05, 3.63) is 39.5 Å². The number of halogens is 4. The van der Waals surface area contributed by atoms with E-state index >= 15 is 0 Å². The van der Waals surface area contributed by atoms with E-state index < -0.39 is 17.4 Å². The van der Waals surface area contributed by atoms with Crippen molar-refractivity contribution in [3.63, 3.8) is 0 Å². The van der Waals surface area contributed by atoms with Crippen LogP contribution in [0.25, 0.3) is 0 Å². The summed E-state index contributed by atoms with van der Waals surface area (Å²) in [7, 11) is 1.50. The summed E-state index contributed by atoms with van der Waals surface area (Å²) in [5.74, 6) is 0. The molecule has 2 aromatic heterocycles. The van der Waals surface area contributed by atoms with Gasteiger partial charge in [-0.2, -0.15) is 23.4 Å². The quantitative estimate of drug-likeness (QED) is 0.824. The lowest BCUT2D eigenvalue weighted by Crippen LogP contribution is -2.38. The maximum atomic E-state index is 12.7. The van der Waals surface area contributed by atoms with Crippen molar-refractivity contribution >= 4 is 17.3 Å². The molecule has 0 spiro atoms. The Labute approximate surface area is 140 Å². The van der Waals surface area contributed by atoms with Gasteiger partial charge >= 0.3 is 6.18 Å². The Bertz CT molecular complexity index is 800. The topological polar surface area (TPSA) is 56.0 Å². The molecule has 0 bridgehead atoms. The number of hydrogen-bond acceptors (Lipinski definition) is 4. The summed E-state index contributed by atoms with van der Waals surface area (Å²) in [6.07, 6.45) is -0.182. The first-order valence-corrected chi connectivity index (χ1v) is 7.74. The molecule has 1 saturated heterocycles. The summed E-state index contributed by atoms with van der Waals surface area (Å²) in [5.41, 5.74) is -0.824. The van der Waals surface area contributed by atoms with E-state index in [1.165, 1.54) is 24.1 Å². The Morgan fingerprint density at radius 2 is 2.12 bits per heavy atom. The van der Waals surface area contributed by atoms with E-state index in [4.69, 9.17) is 11.6 Å². The third-order valence-electron chi connectivity index (χ3n) is 4.07. The molecule has 0 saturated carbocycles. The third-order valence-corrected chi connectivity index (χ3v) is 4.43. The molecule has 3 heterocycles. The van der Waals surface area contributed by atoms with Gasteiger partial charge in [0, 0.05) is 26.3 Å². The van der Waals surface area contributed by atoms with Gasteiger partial charge in [-0.05, 0) is 18.9 Å². The molecule has 1 atom stereocenters. The second-order valence-electron chi connectivity index (χ2n) is 5.69. The summed E-state index contributed by atoms with van der Waals surface area (Å²) in [5, 5.41) is 7.65. The van der Waals surface area contributed by atoms with Gasteiger partial charge in [-0.3, -0.25) is 9.48 Å². The lowest BCUT2D eigenvalue weighted by Gasteiger charge is -2.34. The fraction of sp³-hybridized carbons (Fsp3) is 0.500. The number of rotatable bonds is 2. The summed E-state index contributed by atoms with van der Waals surface area (Å²) >= 11 is 6.10. The molecular formula is C14H15ClF3N5O. The maximum absolute atomic E-state index is 12.7. The Morgan fingerprint density at radius 1 is 1.38 bits per heavy atom. The van der Waals surface area contributed by atoms with E-state index in [1.807, 2.05) is 4.90 Å². The number of aromatic nitrogens is 4. The molecule has 1 aliphatic heterocycles. The van der Waals surface area contributed by atoms with E-state index in [1.54, 1.807) is 0 Å². The first-order chi connectivity index (χ1) is 11.3. The SMILES string of the molecule is Cn1ncc(N2CCCC(n3ccc(C(F)(F)F)n3)C2)c(Cl)c1=O. The Balaban J connectivity index is 1.84. The van der Waals surface area contributed by atoms with Crippen LogP contribution in [0.4, 0.5) is 18.9 Å². The number of nitrogens with zero attached hydrogens (tertiary/aromatic N) is 5. The minimum atomic E-state index is -4.46. The molecule has 0 amide bonds. The molecule has 1 unspecified atom stereocenters. The number of anilines is 1. The van der Waals surface area contributed by atoms with E-state index in [9.17, 15) is 18.0 Å². The van der Waals surface area contributed by atoms with Crippen LogP contribution < -0.4 is 10.5 Å². The average molecular weight is 362 g/mol. The van der Waals surface area contributed by atoms with E-state index in [-0.39, 0.29) is 11.1 Å². The molecule has 1 aliphatic rings. The van der Waals surface area contributed by atoms with Crippen LogP contribution in [-0.2, 0) is 13.2 Å². The number of aryl methyl sites for hydroxylation is 1. The molecule has 0 aromatic carbocycles. The van der Waals surface area contributed by atoms with Crippen molar-refractivity contribution in [1.82, 2.24) is 19.6 Å². The zero-order valence-corrected chi connectivity index (χ0v) is 13.5. The van der Waals surface area contributed by atoms with Crippen LogP contribution in [0.15, 0.2) is 23.3 Å². The van der Waals surface area contributed by atoms with Crippen molar-refractivity contribution in [1.29, 1.82) is 0 Å². The van der Waals surface area contributed by atoms with Gasteiger partial charge in [0.2, 0.25) is 0 Å². The molecule has 24 heavy (non-hydrogen) atoms. The van der Waals surface area contributed by atoms with Gasteiger partial charge in [0.05, 0.1) is 17.9 Å². The zero-order chi connectivity index (χ0) is 17.5. The zero-order valence-electron chi connectivity index (χ0n) is 12.8. The molecule has 0 N–H and O–H groups in total. The number of piperidine rings is 1. The minimum Gasteiger partial charge on any atom is -0.367 e. The molecule has 1 fully saturated rings. The Morgan fingerprint density at radius 3 is 2.79 bits per heavy atom. The Hall–Kier alpha value is -2.03. The summed E-state index contributed by atoms with van der Waals surface area (Å²) < 4.78 is 40.6. The summed E-state index contributed by atoms with van der Waals surface area (Å²) in [4.78, 5) is 13.8.